The lowest BCUT2D eigenvalue weighted by molar-refractivity contribution is -0.137. The van der Waals surface area contributed by atoms with Crippen LogP contribution in [0.3, 0.4) is 0 Å². The molecule has 1 aromatic carbocycles. The Bertz CT molecular complexity index is 684. The average Bonchev–Trinajstić information content (AvgIpc) is 2.88. The zero-order chi connectivity index (χ0) is 18.1. The third-order valence-corrected chi connectivity index (χ3v) is 4.18. The fourth-order valence-electron chi connectivity index (χ4n) is 1.98. The molecular formula is C16H18ClF3N2O2. The minimum absolute atomic E-state index is 0.00399. The molecule has 0 fully saturated rings. The molecular weight excluding hydrogens is 345 g/mol. The van der Waals surface area contributed by atoms with Gasteiger partial charge in [-0.15, -0.1) is 0 Å². The molecule has 0 aliphatic carbocycles. The average molecular weight is 363 g/mol. The number of alkyl halides is 3. The van der Waals surface area contributed by atoms with Gasteiger partial charge in [0.25, 0.3) is 0 Å². The van der Waals surface area contributed by atoms with Crippen molar-refractivity contribution in [2.24, 2.45) is 5.92 Å². The van der Waals surface area contributed by atoms with Crippen LogP contribution in [0.25, 0.3) is 11.3 Å². The fourth-order valence-corrected chi connectivity index (χ4v) is 2.26. The first-order chi connectivity index (χ1) is 11.1. The van der Waals surface area contributed by atoms with Gasteiger partial charge in [0.1, 0.15) is 10.7 Å². The molecule has 0 amide bonds. The summed E-state index contributed by atoms with van der Waals surface area (Å²) >= 11 is 6.17. The topological polar surface area (TPSA) is 58.3 Å². The van der Waals surface area contributed by atoms with Gasteiger partial charge in [0.05, 0.1) is 5.56 Å². The van der Waals surface area contributed by atoms with Crippen LogP contribution in [-0.2, 0) is 6.18 Å². The molecule has 2 rings (SSSR count). The zero-order valence-corrected chi connectivity index (χ0v) is 14.1. The van der Waals surface area contributed by atoms with Gasteiger partial charge in [-0.05, 0) is 25.0 Å². The van der Waals surface area contributed by atoms with Crippen molar-refractivity contribution in [2.45, 2.75) is 39.2 Å². The van der Waals surface area contributed by atoms with Crippen molar-refractivity contribution < 1.29 is 22.8 Å². The van der Waals surface area contributed by atoms with Crippen LogP contribution in [0.5, 0.6) is 0 Å². The Balaban J connectivity index is 2.23. The maximum Gasteiger partial charge on any atom is 0.416 e. The van der Waals surface area contributed by atoms with Gasteiger partial charge in [0.2, 0.25) is 0 Å². The van der Waals surface area contributed by atoms with E-state index in [1.54, 1.807) is 0 Å². The summed E-state index contributed by atoms with van der Waals surface area (Å²) in [6, 6.07) is 4.39. The molecule has 1 aromatic heterocycles. The molecule has 0 aliphatic rings. The normalized spacial score (nSPS) is 14.9. The number of aromatic nitrogens is 1. The Hall–Kier alpha value is -1.57. The largest absolute Gasteiger partial charge is 0.416 e. The molecule has 8 heteroatoms. The van der Waals surface area contributed by atoms with Gasteiger partial charge in [-0.2, -0.15) is 13.2 Å². The van der Waals surface area contributed by atoms with Gasteiger partial charge < -0.3 is 9.63 Å². The monoisotopic (exact) mass is 362 g/mol. The van der Waals surface area contributed by atoms with Crippen LogP contribution >= 0.6 is 11.6 Å². The fraction of sp³-hybridized carbons (Fsp3) is 0.438. The lowest BCUT2D eigenvalue weighted by atomic mass is 10.1. The SMILES string of the molecule is CC(C)[C@H](C)NC(O)c1onc(-c2ccc(C(F)(F)F)cc2)c1Cl. The van der Waals surface area contributed by atoms with Crippen molar-refractivity contribution in [3.05, 3.63) is 40.6 Å². The van der Waals surface area contributed by atoms with Crippen LogP contribution in [0, 0.1) is 5.92 Å². The summed E-state index contributed by atoms with van der Waals surface area (Å²) in [6.07, 6.45) is -5.57. The molecule has 1 heterocycles. The highest BCUT2D eigenvalue weighted by Crippen LogP contribution is 2.35. The molecule has 4 nitrogen and oxygen atoms in total. The molecule has 1 unspecified atom stereocenters. The van der Waals surface area contributed by atoms with Crippen LogP contribution in [0.15, 0.2) is 28.8 Å². The molecule has 0 spiro atoms. The van der Waals surface area contributed by atoms with E-state index in [9.17, 15) is 18.3 Å². The number of benzene rings is 1. The Morgan fingerprint density at radius 3 is 2.25 bits per heavy atom. The van der Waals surface area contributed by atoms with Crippen molar-refractivity contribution in [1.82, 2.24) is 10.5 Å². The van der Waals surface area contributed by atoms with Crippen molar-refractivity contribution in [1.29, 1.82) is 0 Å². The molecule has 0 bridgehead atoms. The predicted molar refractivity (Wildman–Crippen MR) is 84.3 cm³/mol. The second-order valence-corrected chi connectivity index (χ2v) is 6.26. The summed E-state index contributed by atoms with van der Waals surface area (Å²) in [4.78, 5) is 0. The van der Waals surface area contributed by atoms with E-state index < -0.39 is 18.0 Å². The molecule has 0 saturated heterocycles. The lowest BCUT2D eigenvalue weighted by Crippen LogP contribution is -2.34. The van der Waals surface area contributed by atoms with Crippen LogP contribution in [-0.4, -0.2) is 16.3 Å². The first-order valence-corrected chi connectivity index (χ1v) is 7.76. The summed E-state index contributed by atoms with van der Waals surface area (Å²) in [5, 5.41) is 16.9. The summed E-state index contributed by atoms with van der Waals surface area (Å²) in [5.74, 6) is 0.301. The van der Waals surface area contributed by atoms with Crippen molar-refractivity contribution in [2.75, 3.05) is 0 Å². The van der Waals surface area contributed by atoms with Gasteiger partial charge in [0, 0.05) is 11.6 Å². The van der Waals surface area contributed by atoms with Gasteiger partial charge >= 0.3 is 6.18 Å². The molecule has 2 N–H and O–H groups in total. The van der Waals surface area contributed by atoms with Crippen LogP contribution in [0.2, 0.25) is 5.02 Å². The van der Waals surface area contributed by atoms with Crippen molar-refractivity contribution in [3.63, 3.8) is 0 Å². The van der Waals surface area contributed by atoms with Gasteiger partial charge in [0.15, 0.2) is 12.0 Å². The number of rotatable bonds is 5. The molecule has 0 aliphatic heterocycles. The van der Waals surface area contributed by atoms with Crippen molar-refractivity contribution >= 4 is 11.6 Å². The van der Waals surface area contributed by atoms with E-state index in [0.29, 0.717) is 5.56 Å². The highest BCUT2D eigenvalue weighted by Gasteiger charge is 2.30. The summed E-state index contributed by atoms with van der Waals surface area (Å²) in [7, 11) is 0. The minimum Gasteiger partial charge on any atom is -0.371 e. The molecule has 2 aromatic rings. The number of halogens is 4. The molecule has 132 valence electrons. The Labute approximate surface area is 142 Å². The van der Waals surface area contributed by atoms with E-state index in [1.807, 2.05) is 20.8 Å². The van der Waals surface area contributed by atoms with Crippen molar-refractivity contribution in [3.8, 4) is 11.3 Å². The molecule has 24 heavy (non-hydrogen) atoms. The highest BCUT2D eigenvalue weighted by molar-refractivity contribution is 6.33. The summed E-state index contributed by atoms with van der Waals surface area (Å²) in [6.45, 7) is 5.87. The summed E-state index contributed by atoms with van der Waals surface area (Å²) in [5.41, 5.74) is -0.218. The number of aliphatic hydroxyl groups is 1. The van der Waals surface area contributed by atoms with Crippen LogP contribution < -0.4 is 5.32 Å². The Morgan fingerprint density at radius 2 is 1.75 bits per heavy atom. The zero-order valence-electron chi connectivity index (χ0n) is 13.4. The third-order valence-electron chi connectivity index (χ3n) is 3.81. The maximum atomic E-state index is 12.6. The lowest BCUT2D eigenvalue weighted by Gasteiger charge is -2.20. The smallest absolute Gasteiger partial charge is 0.371 e. The summed E-state index contributed by atoms with van der Waals surface area (Å²) < 4.78 is 42.9. The number of nitrogens with zero attached hydrogens (tertiary/aromatic N) is 1. The molecule has 0 saturated carbocycles. The number of nitrogens with one attached hydrogen (secondary N) is 1. The predicted octanol–water partition coefficient (Wildman–Crippen LogP) is 4.64. The minimum atomic E-state index is -4.41. The highest BCUT2D eigenvalue weighted by atomic mass is 35.5. The Kier molecular flexibility index (Phi) is 5.57. The van der Waals surface area contributed by atoms with E-state index in [4.69, 9.17) is 16.1 Å². The van der Waals surface area contributed by atoms with Crippen LogP contribution in [0.1, 0.15) is 38.3 Å². The van der Waals surface area contributed by atoms with Gasteiger partial charge in [-0.25, -0.2) is 0 Å². The first-order valence-electron chi connectivity index (χ1n) is 7.38. The maximum absolute atomic E-state index is 12.6. The number of hydrogen-bond acceptors (Lipinski definition) is 4. The van der Waals surface area contributed by atoms with Gasteiger partial charge in [-0.1, -0.05) is 42.7 Å². The first kappa shape index (κ1) is 18.8. The number of aliphatic hydroxyl groups excluding tert-OH is 1. The molecule has 2 atom stereocenters. The van der Waals surface area contributed by atoms with Crippen LogP contribution in [0.4, 0.5) is 13.2 Å². The van der Waals surface area contributed by atoms with E-state index in [2.05, 4.69) is 10.5 Å². The quantitative estimate of drug-likeness (QED) is 0.761. The standard InChI is InChI=1S/C16H18ClF3N2O2/c1-8(2)9(3)21-15(23)14-12(17)13(22-24-14)10-4-6-11(7-5-10)16(18,19)20/h4-9,15,21,23H,1-3H3/t9-,15?/m0/s1. The van der Waals surface area contributed by atoms with Gasteiger partial charge in [-0.3, -0.25) is 5.32 Å². The van der Waals surface area contributed by atoms with E-state index in [0.717, 1.165) is 12.1 Å². The van der Waals surface area contributed by atoms with E-state index in [1.165, 1.54) is 12.1 Å². The van der Waals surface area contributed by atoms with E-state index in [-0.39, 0.29) is 28.4 Å². The Morgan fingerprint density at radius 1 is 1.17 bits per heavy atom. The number of hydrogen-bond donors (Lipinski definition) is 2. The second kappa shape index (κ2) is 7.13. The molecule has 0 radical (unpaired) electrons. The third kappa shape index (κ3) is 4.09. The van der Waals surface area contributed by atoms with E-state index >= 15 is 0 Å². The second-order valence-electron chi connectivity index (χ2n) is 5.89.